The molecule has 1 atom stereocenters. The molecule has 1 rings (SSSR count). The lowest BCUT2D eigenvalue weighted by molar-refractivity contribution is 0.252. The Hall–Kier alpha value is -1.73. The fourth-order valence-electron chi connectivity index (χ4n) is 1.63. The molecule has 1 unspecified atom stereocenters. The Morgan fingerprint density at radius 3 is 2.76 bits per heavy atom. The standard InChI is InChI=1S/C13H19N3O/c1-10(4-5-14)16(2)9-11-6-12(15)8-13(7-11)17-3/h6-8,10H,4,9,15H2,1-3H3. The van der Waals surface area contributed by atoms with E-state index in [2.05, 4.69) is 11.0 Å². The molecule has 1 aromatic rings. The number of hydrogen-bond donors (Lipinski definition) is 1. The zero-order chi connectivity index (χ0) is 12.8. The van der Waals surface area contributed by atoms with Crippen LogP contribution in [0.25, 0.3) is 0 Å². The first-order valence-corrected chi connectivity index (χ1v) is 5.57. The van der Waals surface area contributed by atoms with Crippen LogP contribution >= 0.6 is 0 Å². The van der Waals surface area contributed by atoms with Crippen LogP contribution in [0.15, 0.2) is 18.2 Å². The fourth-order valence-corrected chi connectivity index (χ4v) is 1.63. The number of ether oxygens (including phenoxy) is 1. The van der Waals surface area contributed by atoms with Gasteiger partial charge in [-0.05, 0) is 31.7 Å². The summed E-state index contributed by atoms with van der Waals surface area (Å²) < 4.78 is 5.17. The van der Waals surface area contributed by atoms with Gasteiger partial charge in [-0.25, -0.2) is 0 Å². The zero-order valence-electron chi connectivity index (χ0n) is 10.6. The second-order valence-corrected chi connectivity index (χ2v) is 4.24. The summed E-state index contributed by atoms with van der Waals surface area (Å²) in [4.78, 5) is 2.12. The van der Waals surface area contributed by atoms with Crippen molar-refractivity contribution in [3.8, 4) is 11.8 Å². The van der Waals surface area contributed by atoms with Gasteiger partial charge in [0.05, 0.1) is 19.6 Å². The molecule has 0 aromatic heterocycles. The topological polar surface area (TPSA) is 62.3 Å². The number of nitrogens with zero attached hydrogens (tertiary/aromatic N) is 2. The van der Waals surface area contributed by atoms with E-state index in [9.17, 15) is 0 Å². The normalized spacial score (nSPS) is 12.2. The minimum Gasteiger partial charge on any atom is -0.497 e. The molecule has 0 spiro atoms. The highest BCUT2D eigenvalue weighted by atomic mass is 16.5. The van der Waals surface area contributed by atoms with E-state index in [4.69, 9.17) is 15.7 Å². The Morgan fingerprint density at radius 1 is 1.47 bits per heavy atom. The Bertz CT molecular complexity index is 412. The lowest BCUT2D eigenvalue weighted by Gasteiger charge is -2.22. The van der Waals surface area contributed by atoms with Crippen molar-refractivity contribution in [2.75, 3.05) is 19.9 Å². The van der Waals surface area contributed by atoms with Crippen LogP contribution in [0.2, 0.25) is 0 Å². The molecule has 1 aromatic carbocycles. The van der Waals surface area contributed by atoms with Crippen molar-refractivity contribution in [2.24, 2.45) is 0 Å². The smallest absolute Gasteiger partial charge is 0.121 e. The molecular weight excluding hydrogens is 214 g/mol. The van der Waals surface area contributed by atoms with E-state index in [1.165, 1.54) is 0 Å². The summed E-state index contributed by atoms with van der Waals surface area (Å²) in [6.07, 6.45) is 0.524. The van der Waals surface area contributed by atoms with Crippen LogP contribution in [0.5, 0.6) is 5.75 Å². The molecular formula is C13H19N3O. The second kappa shape index (κ2) is 6.12. The third-order valence-corrected chi connectivity index (χ3v) is 2.80. The number of methoxy groups -OCH3 is 1. The van der Waals surface area contributed by atoms with Gasteiger partial charge in [0, 0.05) is 24.3 Å². The highest BCUT2D eigenvalue weighted by Gasteiger charge is 2.10. The minimum atomic E-state index is 0.229. The summed E-state index contributed by atoms with van der Waals surface area (Å²) in [5.41, 5.74) is 7.58. The van der Waals surface area contributed by atoms with Crippen molar-refractivity contribution in [3.63, 3.8) is 0 Å². The number of hydrogen-bond acceptors (Lipinski definition) is 4. The van der Waals surface area contributed by atoms with Crippen molar-refractivity contribution >= 4 is 5.69 Å². The Balaban J connectivity index is 2.74. The molecule has 0 amide bonds. The number of benzene rings is 1. The Labute approximate surface area is 103 Å². The van der Waals surface area contributed by atoms with Gasteiger partial charge < -0.3 is 10.5 Å². The monoisotopic (exact) mass is 233 g/mol. The summed E-state index contributed by atoms with van der Waals surface area (Å²) in [5.74, 6) is 0.765. The zero-order valence-corrected chi connectivity index (χ0v) is 10.6. The summed E-state index contributed by atoms with van der Waals surface area (Å²) >= 11 is 0. The third kappa shape index (κ3) is 3.97. The first-order chi connectivity index (χ1) is 8.06. The van der Waals surface area contributed by atoms with Gasteiger partial charge in [0.2, 0.25) is 0 Å². The van der Waals surface area contributed by atoms with E-state index in [0.717, 1.165) is 17.9 Å². The lowest BCUT2D eigenvalue weighted by atomic mass is 10.1. The van der Waals surface area contributed by atoms with Gasteiger partial charge in [0.15, 0.2) is 0 Å². The second-order valence-electron chi connectivity index (χ2n) is 4.24. The Morgan fingerprint density at radius 2 is 2.18 bits per heavy atom. The van der Waals surface area contributed by atoms with Gasteiger partial charge in [-0.1, -0.05) is 0 Å². The van der Waals surface area contributed by atoms with E-state index in [1.807, 2.05) is 26.1 Å². The van der Waals surface area contributed by atoms with Gasteiger partial charge >= 0.3 is 0 Å². The molecule has 0 aliphatic carbocycles. The Kier molecular flexibility index (Phi) is 4.80. The van der Waals surface area contributed by atoms with Crippen molar-refractivity contribution in [1.82, 2.24) is 4.90 Å². The number of nitriles is 1. The molecule has 0 saturated heterocycles. The van der Waals surface area contributed by atoms with Crippen molar-refractivity contribution < 1.29 is 4.74 Å². The summed E-state index contributed by atoms with van der Waals surface area (Å²) in [7, 11) is 3.62. The maximum Gasteiger partial charge on any atom is 0.121 e. The number of nitrogens with two attached hydrogens (primary N) is 1. The molecule has 0 radical (unpaired) electrons. The van der Waals surface area contributed by atoms with Crippen molar-refractivity contribution in [2.45, 2.75) is 25.9 Å². The molecule has 0 saturated carbocycles. The van der Waals surface area contributed by atoms with E-state index in [1.54, 1.807) is 13.2 Å². The molecule has 0 aliphatic heterocycles. The molecule has 0 heterocycles. The average Bonchev–Trinajstić information content (AvgIpc) is 2.28. The predicted molar refractivity (Wildman–Crippen MR) is 68.6 cm³/mol. The molecule has 4 heteroatoms. The van der Waals surface area contributed by atoms with Crippen LogP contribution in [0.1, 0.15) is 18.9 Å². The lowest BCUT2D eigenvalue weighted by Crippen LogP contribution is -2.28. The van der Waals surface area contributed by atoms with Crippen LogP contribution in [-0.4, -0.2) is 25.1 Å². The number of rotatable bonds is 5. The van der Waals surface area contributed by atoms with E-state index in [-0.39, 0.29) is 6.04 Å². The molecule has 2 N–H and O–H groups in total. The van der Waals surface area contributed by atoms with E-state index in [0.29, 0.717) is 12.1 Å². The van der Waals surface area contributed by atoms with Gasteiger partial charge in [-0.15, -0.1) is 0 Å². The third-order valence-electron chi connectivity index (χ3n) is 2.80. The molecule has 0 fully saturated rings. The van der Waals surface area contributed by atoms with Crippen LogP contribution in [0, 0.1) is 11.3 Å². The highest BCUT2D eigenvalue weighted by Crippen LogP contribution is 2.20. The van der Waals surface area contributed by atoms with Crippen LogP contribution in [0.4, 0.5) is 5.69 Å². The van der Waals surface area contributed by atoms with Crippen LogP contribution in [0.3, 0.4) is 0 Å². The van der Waals surface area contributed by atoms with Gasteiger partial charge in [-0.2, -0.15) is 5.26 Å². The number of nitrogen functional groups attached to an aromatic ring is 1. The summed E-state index contributed by atoms with van der Waals surface area (Å²) in [6, 6.07) is 8.09. The van der Waals surface area contributed by atoms with Gasteiger partial charge in [0.25, 0.3) is 0 Å². The van der Waals surface area contributed by atoms with Gasteiger partial charge in [0.1, 0.15) is 5.75 Å². The molecule has 0 aliphatic rings. The first-order valence-electron chi connectivity index (χ1n) is 5.57. The SMILES string of the molecule is COc1cc(N)cc(CN(C)C(C)CC#N)c1. The summed E-state index contributed by atoms with van der Waals surface area (Å²) in [6.45, 7) is 2.79. The fraction of sp³-hybridized carbons (Fsp3) is 0.462. The van der Waals surface area contributed by atoms with E-state index >= 15 is 0 Å². The largest absolute Gasteiger partial charge is 0.497 e. The quantitative estimate of drug-likeness (QED) is 0.790. The van der Waals surface area contributed by atoms with Crippen molar-refractivity contribution in [3.05, 3.63) is 23.8 Å². The van der Waals surface area contributed by atoms with Crippen LogP contribution in [-0.2, 0) is 6.54 Å². The first kappa shape index (κ1) is 13.3. The molecule has 92 valence electrons. The maximum atomic E-state index is 8.66. The average molecular weight is 233 g/mol. The van der Waals surface area contributed by atoms with Crippen LogP contribution < -0.4 is 10.5 Å². The molecule has 0 bridgehead atoms. The van der Waals surface area contributed by atoms with E-state index < -0.39 is 0 Å². The maximum absolute atomic E-state index is 8.66. The predicted octanol–water partition coefficient (Wildman–Crippen LogP) is 2.01. The minimum absolute atomic E-state index is 0.229. The summed E-state index contributed by atoms with van der Waals surface area (Å²) in [5, 5.41) is 8.66. The number of anilines is 1. The molecule has 17 heavy (non-hydrogen) atoms. The van der Waals surface area contributed by atoms with Gasteiger partial charge in [-0.3, -0.25) is 4.90 Å². The molecule has 4 nitrogen and oxygen atoms in total. The highest BCUT2D eigenvalue weighted by molar-refractivity contribution is 5.47. The van der Waals surface area contributed by atoms with Crippen molar-refractivity contribution in [1.29, 1.82) is 5.26 Å².